The van der Waals surface area contributed by atoms with Crippen LogP contribution in [0.4, 0.5) is 0 Å². The molecule has 2 heterocycles. The summed E-state index contributed by atoms with van der Waals surface area (Å²) >= 11 is 0. The lowest BCUT2D eigenvalue weighted by atomic mass is 10.1. The smallest absolute Gasteiger partial charge is 0.0648 e. The molecule has 4 heteroatoms. The van der Waals surface area contributed by atoms with E-state index in [0.29, 0.717) is 12.6 Å². The van der Waals surface area contributed by atoms with Gasteiger partial charge in [0.2, 0.25) is 0 Å². The highest BCUT2D eigenvalue weighted by atomic mass is 16.5. The van der Waals surface area contributed by atoms with Crippen LogP contribution in [0, 0.1) is 0 Å². The molecule has 2 N–H and O–H groups in total. The van der Waals surface area contributed by atoms with Gasteiger partial charge in [-0.25, -0.2) is 0 Å². The number of hydrogen-bond acceptors (Lipinski definition) is 4. The van der Waals surface area contributed by atoms with Crippen molar-refractivity contribution in [1.82, 2.24) is 9.88 Å². The molecule has 0 amide bonds. The van der Waals surface area contributed by atoms with Crippen molar-refractivity contribution in [3.63, 3.8) is 0 Å². The Morgan fingerprint density at radius 3 is 3.12 bits per heavy atom. The summed E-state index contributed by atoms with van der Waals surface area (Å²) in [4.78, 5) is 6.78. The van der Waals surface area contributed by atoms with Crippen molar-refractivity contribution in [2.24, 2.45) is 5.73 Å². The van der Waals surface area contributed by atoms with E-state index in [4.69, 9.17) is 10.5 Å². The van der Waals surface area contributed by atoms with E-state index in [2.05, 4.69) is 16.8 Å². The van der Waals surface area contributed by atoms with Crippen molar-refractivity contribution in [2.75, 3.05) is 26.3 Å². The van der Waals surface area contributed by atoms with Crippen molar-refractivity contribution in [1.29, 1.82) is 0 Å². The predicted molar refractivity (Wildman–Crippen MR) is 63.0 cm³/mol. The number of aromatic nitrogens is 1. The Morgan fingerprint density at radius 1 is 1.62 bits per heavy atom. The molecule has 0 spiro atoms. The van der Waals surface area contributed by atoms with Gasteiger partial charge in [-0.1, -0.05) is 6.07 Å². The molecule has 0 aromatic carbocycles. The molecule has 1 saturated heterocycles. The molecule has 1 aromatic rings. The Bertz CT molecular complexity index is 317. The third-order valence-corrected chi connectivity index (χ3v) is 3.07. The number of hydrogen-bond donors (Lipinski definition) is 1. The zero-order valence-corrected chi connectivity index (χ0v) is 9.67. The third-order valence-electron chi connectivity index (χ3n) is 3.07. The van der Waals surface area contributed by atoms with E-state index in [-0.39, 0.29) is 6.04 Å². The normalized spacial score (nSPS) is 24.2. The SMILES string of the molecule is CC1COCCN1C(CN)c1ccccn1. The molecule has 1 fully saturated rings. The Labute approximate surface area is 96.4 Å². The van der Waals surface area contributed by atoms with Gasteiger partial charge in [0.25, 0.3) is 0 Å². The molecule has 0 bridgehead atoms. The molecule has 0 radical (unpaired) electrons. The van der Waals surface area contributed by atoms with Gasteiger partial charge in [0, 0.05) is 25.3 Å². The molecule has 1 aliphatic rings. The van der Waals surface area contributed by atoms with E-state index >= 15 is 0 Å². The van der Waals surface area contributed by atoms with Gasteiger partial charge in [0.1, 0.15) is 0 Å². The Hall–Kier alpha value is -0.970. The summed E-state index contributed by atoms with van der Waals surface area (Å²) in [6, 6.07) is 6.60. The van der Waals surface area contributed by atoms with E-state index in [1.165, 1.54) is 0 Å². The maximum absolute atomic E-state index is 5.88. The van der Waals surface area contributed by atoms with Gasteiger partial charge in [-0.15, -0.1) is 0 Å². The van der Waals surface area contributed by atoms with Crippen LogP contribution in [0.3, 0.4) is 0 Å². The first-order chi connectivity index (χ1) is 7.83. The van der Waals surface area contributed by atoms with Gasteiger partial charge in [0.15, 0.2) is 0 Å². The first-order valence-electron chi connectivity index (χ1n) is 5.77. The van der Waals surface area contributed by atoms with Crippen LogP contribution in [0.5, 0.6) is 0 Å². The summed E-state index contributed by atoms with van der Waals surface area (Å²) in [6.07, 6.45) is 1.82. The summed E-state index contributed by atoms with van der Waals surface area (Å²) < 4.78 is 5.44. The number of rotatable bonds is 3. The van der Waals surface area contributed by atoms with Crippen molar-refractivity contribution in [2.45, 2.75) is 19.0 Å². The minimum absolute atomic E-state index is 0.208. The number of ether oxygens (including phenoxy) is 1. The average Bonchev–Trinajstić information content (AvgIpc) is 2.34. The van der Waals surface area contributed by atoms with E-state index < -0.39 is 0 Å². The Morgan fingerprint density at radius 2 is 2.50 bits per heavy atom. The fourth-order valence-corrected chi connectivity index (χ4v) is 2.20. The van der Waals surface area contributed by atoms with Crippen molar-refractivity contribution in [3.05, 3.63) is 30.1 Å². The van der Waals surface area contributed by atoms with E-state index in [9.17, 15) is 0 Å². The second kappa shape index (κ2) is 5.39. The van der Waals surface area contributed by atoms with E-state index in [0.717, 1.165) is 25.5 Å². The zero-order chi connectivity index (χ0) is 11.4. The second-order valence-electron chi connectivity index (χ2n) is 4.17. The number of nitrogens with two attached hydrogens (primary N) is 1. The van der Waals surface area contributed by atoms with Gasteiger partial charge < -0.3 is 10.5 Å². The molecule has 1 aliphatic heterocycles. The summed E-state index contributed by atoms with van der Waals surface area (Å²) in [7, 11) is 0. The molecule has 1 aromatic heterocycles. The Balaban J connectivity index is 2.15. The fourth-order valence-electron chi connectivity index (χ4n) is 2.20. The molecule has 0 saturated carbocycles. The van der Waals surface area contributed by atoms with E-state index in [1.807, 2.05) is 24.4 Å². The molecule has 2 rings (SSSR count). The molecule has 16 heavy (non-hydrogen) atoms. The standard InChI is InChI=1S/C12H19N3O/c1-10-9-16-7-6-15(10)12(8-13)11-4-2-3-5-14-11/h2-5,10,12H,6-9,13H2,1H3. The summed E-state index contributed by atoms with van der Waals surface area (Å²) in [6.45, 7) is 5.27. The molecule has 2 atom stereocenters. The molecule has 2 unspecified atom stereocenters. The van der Waals surface area contributed by atoms with Crippen LogP contribution in [-0.4, -0.2) is 42.2 Å². The molecular formula is C12H19N3O. The minimum atomic E-state index is 0.208. The van der Waals surface area contributed by atoms with Gasteiger partial charge in [-0.2, -0.15) is 0 Å². The number of morpholine rings is 1. The zero-order valence-electron chi connectivity index (χ0n) is 9.67. The highest BCUT2D eigenvalue weighted by Crippen LogP contribution is 2.21. The quantitative estimate of drug-likeness (QED) is 0.820. The molecule has 0 aliphatic carbocycles. The Kier molecular flexibility index (Phi) is 3.88. The van der Waals surface area contributed by atoms with E-state index in [1.54, 1.807) is 0 Å². The maximum Gasteiger partial charge on any atom is 0.0648 e. The highest BCUT2D eigenvalue weighted by molar-refractivity contribution is 5.10. The topological polar surface area (TPSA) is 51.4 Å². The first-order valence-corrected chi connectivity index (χ1v) is 5.77. The fraction of sp³-hybridized carbons (Fsp3) is 0.583. The lowest BCUT2D eigenvalue weighted by molar-refractivity contribution is -0.0217. The van der Waals surface area contributed by atoms with Gasteiger partial charge >= 0.3 is 0 Å². The van der Waals surface area contributed by atoms with Crippen molar-refractivity contribution >= 4 is 0 Å². The van der Waals surface area contributed by atoms with Crippen LogP contribution in [0.25, 0.3) is 0 Å². The average molecular weight is 221 g/mol. The maximum atomic E-state index is 5.88. The van der Waals surface area contributed by atoms with Crippen LogP contribution in [-0.2, 0) is 4.74 Å². The lowest BCUT2D eigenvalue weighted by Crippen LogP contribution is -2.47. The van der Waals surface area contributed by atoms with Gasteiger partial charge in [0.05, 0.1) is 24.9 Å². The summed E-state index contributed by atoms with van der Waals surface area (Å²) in [5, 5.41) is 0. The first kappa shape index (κ1) is 11.5. The monoisotopic (exact) mass is 221 g/mol. The summed E-state index contributed by atoms with van der Waals surface area (Å²) in [5.74, 6) is 0. The van der Waals surface area contributed by atoms with Gasteiger partial charge in [-0.3, -0.25) is 9.88 Å². The predicted octanol–water partition coefficient (Wildman–Crippen LogP) is 0.802. The van der Waals surface area contributed by atoms with Crippen LogP contribution in [0.15, 0.2) is 24.4 Å². The third kappa shape index (κ3) is 2.40. The van der Waals surface area contributed by atoms with Crippen molar-refractivity contribution in [3.8, 4) is 0 Å². The number of pyridine rings is 1. The van der Waals surface area contributed by atoms with Gasteiger partial charge in [-0.05, 0) is 19.1 Å². The van der Waals surface area contributed by atoms with Crippen LogP contribution < -0.4 is 5.73 Å². The van der Waals surface area contributed by atoms with Crippen LogP contribution in [0.1, 0.15) is 18.7 Å². The molecule has 4 nitrogen and oxygen atoms in total. The highest BCUT2D eigenvalue weighted by Gasteiger charge is 2.27. The van der Waals surface area contributed by atoms with Crippen LogP contribution in [0.2, 0.25) is 0 Å². The van der Waals surface area contributed by atoms with Crippen molar-refractivity contribution < 1.29 is 4.74 Å². The largest absolute Gasteiger partial charge is 0.379 e. The lowest BCUT2D eigenvalue weighted by Gasteiger charge is -2.38. The molecular weight excluding hydrogens is 202 g/mol. The minimum Gasteiger partial charge on any atom is -0.379 e. The summed E-state index contributed by atoms with van der Waals surface area (Å²) in [5.41, 5.74) is 6.93. The van der Waals surface area contributed by atoms with Crippen LogP contribution >= 0.6 is 0 Å². The molecule has 88 valence electrons. The second-order valence-corrected chi connectivity index (χ2v) is 4.17. The number of nitrogens with zero attached hydrogens (tertiary/aromatic N) is 2.